The van der Waals surface area contributed by atoms with Crippen LogP contribution in [0.15, 0.2) is 18.2 Å². The largest absolute Gasteiger partial charge is 0.396 e. The van der Waals surface area contributed by atoms with Crippen LogP contribution in [0, 0.1) is 17.6 Å². The van der Waals surface area contributed by atoms with Crippen LogP contribution in [0.3, 0.4) is 0 Å². The minimum atomic E-state index is -0.563. The fourth-order valence-corrected chi connectivity index (χ4v) is 1.66. The van der Waals surface area contributed by atoms with Crippen molar-refractivity contribution < 1.29 is 13.9 Å². The number of halogens is 2. The topological polar surface area (TPSA) is 32.3 Å². The Kier molecular flexibility index (Phi) is 5.51. The Balaban J connectivity index is 2.54. The van der Waals surface area contributed by atoms with Gasteiger partial charge in [-0.1, -0.05) is 13.0 Å². The highest BCUT2D eigenvalue weighted by Gasteiger charge is 2.12. The molecule has 96 valence electrons. The van der Waals surface area contributed by atoms with E-state index >= 15 is 0 Å². The lowest BCUT2D eigenvalue weighted by molar-refractivity contribution is 0.258. The van der Waals surface area contributed by atoms with Gasteiger partial charge in [-0.25, -0.2) is 8.78 Å². The van der Waals surface area contributed by atoms with Crippen LogP contribution in [0.1, 0.15) is 31.9 Å². The maximum Gasteiger partial charge on any atom is 0.130 e. The molecule has 0 aliphatic carbocycles. The highest BCUT2D eigenvalue weighted by Crippen LogP contribution is 2.18. The molecular weight excluding hydrogens is 224 g/mol. The highest BCUT2D eigenvalue weighted by molar-refractivity contribution is 5.21. The van der Waals surface area contributed by atoms with Crippen LogP contribution in [0.5, 0.6) is 0 Å². The maximum atomic E-state index is 13.5. The Bertz CT molecular complexity index is 357. The molecule has 1 aromatic rings. The van der Waals surface area contributed by atoms with Crippen molar-refractivity contribution in [2.45, 2.75) is 26.3 Å². The number of benzene rings is 1. The third-order valence-electron chi connectivity index (χ3n) is 2.82. The van der Waals surface area contributed by atoms with Gasteiger partial charge in [0.2, 0.25) is 0 Å². The zero-order valence-corrected chi connectivity index (χ0v) is 10.2. The van der Waals surface area contributed by atoms with Crippen molar-refractivity contribution in [3.8, 4) is 0 Å². The van der Waals surface area contributed by atoms with E-state index in [1.54, 1.807) is 0 Å². The van der Waals surface area contributed by atoms with Gasteiger partial charge in [0.25, 0.3) is 0 Å². The summed E-state index contributed by atoms with van der Waals surface area (Å²) in [7, 11) is 0. The van der Waals surface area contributed by atoms with Gasteiger partial charge < -0.3 is 10.4 Å². The molecule has 0 heterocycles. The van der Waals surface area contributed by atoms with Gasteiger partial charge in [0.05, 0.1) is 0 Å². The molecule has 0 aromatic heterocycles. The number of nitrogens with one attached hydrogen (secondary N) is 1. The predicted molar refractivity (Wildman–Crippen MR) is 63.6 cm³/mol. The molecule has 2 N–H and O–H groups in total. The van der Waals surface area contributed by atoms with Crippen LogP contribution in [-0.4, -0.2) is 18.3 Å². The third-order valence-corrected chi connectivity index (χ3v) is 2.82. The van der Waals surface area contributed by atoms with Gasteiger partial charge in [-0.15, -0.1) is 0 Å². The monoisotopic (exact) mass is 243 g/mol. The third kappa shape index (κ3) is 4.40. The van der Waals surface area contributed by atoms with Crippen LogP contribution in [-0.2, 0) is 0 Å². The zero-order valence-electron chi connectivity index (χ0n) is 10.2. The number of aliphatic hydroxyl groups excluding tert-OH is 1. The molecule has 2 unspecified atom stereocenters. The first-order valence-electron chi connectivity index (χ1n) is 5.83. The fraction of sp³-hybridized carbons (Fsp3) is 0.538. The van der Waals surface area contributed by atoms with Crippen LogP contribution in [0.25, 0.3) is 0 Å². The fourth-order valence-electron chi connectivity index (χ4n) is 1.66. The molecule has 0 fully saturated rings. The molecule has 0 aliphatic heterocycles. The summed E-state index contributed by atoms with van der Waals surface area (Å²) < 4.78 is 26.2. The van der Waals surface area contributed by atoms with Crippen molar-refractivity contribution >= 4 is 0 Å². The summed E-state index contributed by atoms with van der Waals surface area (Å²) in [5.41, 5.74) is 0.461. The first-order valence-corrected chi connectivity index (χ1v) is 5.83. The number of aliphatic hydroxyl groups is 1. The summed E-state index contributed by atoms with van der Waals surface area (Å²) in [5, 5.41) is 11.9. The average molecular weight is 243 g/mol. The Labute approximate surface area is 101 Å². The second-order valence-corrected chi connectivity index (χ2v) is 4.41. The molecule has 0 saturated carbocycles. The molecule has 0 aliphatic rings. The molecule has 2 atom stereocenters. The van der Waals surface area contributed by atoms with E-state index in [1.807, 2.05) is 13.8 Å². The molecule has 0 amide bonds. The maximum absolute atomic E-state index is 13.5. The van der Waals surface area contributed by atoms with Crippen molar-refractivity contribution in [1.29, 1.82) is 0 Å². The van der Waals surface area contributed by atoms with E-state index in [0.717, 1.165) is 6.07 Å². The first-order chi connectivity index (χ1) is 8.04. The van der Waals surface area contributed by atoms with Crippen molar-refractivity contribution in [2.24, 2.45) is 5.92 Å². The van der Waals surface area contributed by atoms with E-state index in [1.165, 1.54) is 12.1 Å². The molecule has 17 heavy (non-hydrogen) atoms. The minimum absolute atomic E-state index is 0.155. The number of hydrogen-bond donors (Lipinski definition) is 2. The lowest BCUT2D eigenvalue weighted by Gasteiger charge is -2.18. The van der Waals surface area contributed by atoms with Crippen molar-refractivity contribution in [1.82, 2.24) is 5.32 Å². The standard InChI is InChI=1S/C13H19F2NO/c1-9(5-6-17)8-16-10(2)12-4-3-11(14)7-13(12)15/h3-4,7,9-10,16-17H,5-6,8H2,1-2H3. The Morgan fingerprint density at radius 3 is 2.59 bits per heavy atom. The van der Waals surface area contributed by atoms with Gasteiger partial charge in [-0.3, -0.25) is 0 Å². The molecule has 1 aromatic carbocycles. The quantitative estimate of drug-likeness (QED) is 0.805. The van der Waals surface area contributed by atoms with Crippen LogP contribution in [0.4, 0.5) is 8.78 Å². The van der Waals surface area contributed by atoms with E-state index < -0.39 is 11.6 Å². The summed E-state index contributed by atoms with van der Waals surface area (Å²) in [5.74, 6) is -0.766. The Hall–Kier alpha value is -1.00. The number of hydrogen-bond acceptors (Lipinski definition) is 2. The predicted octanol–water partition coefficient (Wildman–Crippen LogP) is 2.63. The normalized spacial score (nSPS) is 14.6. The second kappa shape index (κ2) is 6.67. The summed E-state index contributed by atoms with van der Waals surface area (Å²) >= 11 is 0. The van der Waals surface area contributed by atoms with E-state index in [4.69, 9.17) is 5.11 Å². The molecule has 0 radical (unpaired) electrons. The van der Waals surface area contributed by atoms with Gasteiger partial charge in [-0.2, -0.15) is 0 Å². The summed E-state index contributed by atoms with van der Waals surface area (Å²) in [4.78, 5) is 0. The first kappa shape index (κ1) is 14.1. The molecule has 0 spiro atoms. The minimum Gasteiger partial charge on any atom is -0.396 e. The SMILES string of the molecule is CC(CCO)CNC(C)c1ccc(F)cc1F. The van der Waals surface area contributed by atoms with Gasteiger partial charge in [0.1, 0.15) is 11.6 Å². The van der Waals surface area contributed by atoms with E-state index in [-0.39, 0.29) is 12.6 Å². The van der Waals surface area contributed by atoms with Gasteiger partial charge in [-0.05, 0) is 31.9 Å². The Morgan fingerprint density at radius 1 is 1.29 bits per heavy atom. The Morgan fingerprint density at radius 2 is 2.00 bits per heavy atom. The van der Waals surface area contributed by atoms with Crippen molar-refractivity contribution in [3.63, 3.8) is 0 Å². The number of rotatable bonds is 6. The van der Waals surface area contributed by atoms with Crippen molar-refractivity contribution in [2.75, 3.05) is 13.2 Å². The lowest BCUT2D eigenvalue weighted by atomic mass is 10.1. The summed E-state index contributed by atoms with van der Waals surface area (Å²) in [6.07, 6.45) is 0.714. The van der Waals surface area contributed by atoms with Crippen LogP contribution < -0.4 is 5.32 Å². The zero-order chi connectivity index (χ0) is 12.8. The summed E-state index contributed by atoms with van der Waals surface area (Å²) in [6, 6.07) is 3.44. The molecule has 1 rings (SSSR count). The smallest absolute Gasteiger partial charge is 0.130 e. The summed E-state index contributed by atoms with van der Waals surface area (Å²) in [6.45, 7) is 4.69. The van der Waals surface area contributed by atoms with Crippen LogP contribution in [0.2, 0.25) is 0 Å². The van der Waals surface area contributed by atoms with E-state index in [2.05, 4.69) is 5.32 Å². The molecule has 0 saturated heterocycles. The molecule has 0 bridgehead atoms. The van der Waals surface area contributed by atoms with Gasteiger partial charge in [0.15, 0.2) is 0 Å². The van der Waals surface area contributed by atoms with E-state index in [9.17, 15) is 8.78 Å². The van der Waals surface area contributed by atoms with Gasteiger partial charge in [0, 0.05) is 24.3 Å². The average Bonchev–Trinajstić information content (AvgIpc) is 2.26. The molecule has 4 heteroatoms. The molecular formula is C13H19F2NO. The van der Waals surface area contributed by atoms with Crippen molar-refractivity contribution in [3.05, 3.63) is 35.4 Å². The molecule has 2 nitrogen and oxygen atoms in total. The van der Waals surface area contributed by atoms with Gasteiger partial charge >= 0.3 is 0 Å². The second-order valence-electron chi connectivity index (χ2n) is 4.41. The highest BCUT2D eigenvalue weighted by atomic mass is 19.1. The van der Waals surface area contributed by atoms with Crippen LogP contribution >= 0.6 is 0 Å². The lowest BCUT2D eigenvalue weighted by Crippen LogP contribution is -2.25. The van der Waals surface area contributed by atoms with E-state index in [0.29, 0.717) is 24.4 Å².